The van der Waals surface area contributed by atoms with Crippen molar-refractivity contribution in [3.8, 4) is 0 Å². The van der Waals surface area contributed by atoms with Crippen LogP contribution in [0.3, 0.4) is 0 Å². The average molecular weight is 248 g/mol. The minimum Gasteiger partial charge on any atom is -0.312 e. The van der Waals surface area contributed by atoms with Gasteiger partial charge < -0.3 is 5.32 Å². The van der Waals surface area contributed by atoms with E-state index in [1.54, 1.807) is 11.8 Å². The number of nitrogens with one attached hydrogen (secondary N) is 2. The fourth-order valence-corrected chi connectivity index (χ4v) is 1.94. The van der Waals surface area contributed by atoms with Gasteiger partial charge in [0.05, 0.1) is 0 Å². The molecule has 0 aliphatic carbocycles. The highest BCUT2D eigenvalue weighted by molar-refractivity contribution is 7.98. The number of aromatic amines is 1. The van der Waals surface area contributed by atoms with Gasteiger partial charge in [-0.15, -0.1) is 11.8 Å². The van der Waals surface area contributed by atoms with E-state index in [0.717, 1.165) is 25.3 Å². The van der Waals surface area contributed by atoms with Crippen molar-refractivity contribution in [1.29, 1.82) is 0 Å². The summed E-state index contributed by atoms with van der Waals surface area (Å²) in [7, 11) is 0. The maximum atomic E-state index is 4.07. The number of nitrogens with zero attached hydrogens (tertiary/aromatic N) is 2. The maximum absolute atomic E-state index is 4.07. The van der Waals surface area contributed by atoms with Crippen LogP contribution in [0.4, 0.5) is 0 Å². The number of aromatic nitrogens is 3. The van der Waals surface area contributed by atoms with E-state index >= 15 is 0 Å². The zero-order valence-electron chi connectivity index (χ0n) is 9.81. The van der Waals surface area contributed by atoms with Gasteiger partial charge in [-0.25, -0.2) is 4.98 Å². The normalized spacial score (nSPS) is 10.6. The first-order valence-corrected chi connectivity index (χ1v) is 6.79. The van der Waals surface area contributed by atoms with E-state index in [0.29, 0.717) is 0 Å². The molecule has 2 rings (SSSR count). The van der Waals surface area contributed by atoms with Crippen LogP contribution in [0, 0.1) is 0 Å². The third-order valence-electron chi connectivity index (χ3n) is 2.49. The molecule has 0 amide bonds. The highest BCUT2D eigenvalue weighted by Gasteiger charge is 1.96. The number of hydrogen-bond donors (Lipinski definition) is 2. The number of benzene rings is 1. The van der Waals surface area contributed by atoms with Gasteiger partial charge in [-0.2, -0.15) is 5.10 Å². The van der Waals surface area contributed by atoms with Crippen LogP contribution in [0.25, 0.3) is 0 Å². The summed E-state index contributed by atoms with van der Waals surface area (Å²) in [5.41, 5.74) is 1.31. The molecule has 0 atom stereocenters. The molecular formula is C12H16N4S. The molecule has 4 nitrogen and oxygen atoms in total. The molecule has 1 aromatic carbocycles. The van der Waals surface area contributed by atoms with Crippen LogP contribution in [0.5, 0.6) is 0 Å². The number of thioether (sulfide) groups is 1. The summed E-state index contributed by atoms with van der Waals surface area (Å²) in [6.45, 7) is 1.79. The fraction of sp³-hybridized carbons (Fsp3) is 0.333. The van der Waals surface area contributed by atoms with E-state index in [1.165, 1.54) is 16.8 Å². The Morgan fingerprint density at radius 3 is 2.76 bits per heavy atom. The van der Waals surface area contributed by atoms with E-state index in [2.05, 4.69) is 51.0 Å². The minimum atomic E-state index is 0.878. The van der Waals surface area contributed by atoms with Gasteiger partial charge in [0.25, 0.3) is 0 Å². The predicted molar refractivity (Wildman–Crippen MR) is 70.0 cm³/mol. The summed E-state index contributed by atoms with van der Waals surface area (Å²) in [5, 5.41) is 10.0. The van der Waals surface area contributed by atoms with Crippen molar-refractivity contribution < 1.29 is 0 Å². The third-order valence-corrected chi connectivity index (χ3v) is 3.24. The summed E-state index contributed by atoms with van der Waals surface area (Å²) in [4.78, 5) is 5.38. The molecule has 17 heavy (non-hydrogen) atoms. The Labute approximate surface area is 105 Å². The lowest BCUT2D eigenvalue weighted by molar-refractivity contribution is 0.671. The summed E-state index contributed by atoms with van der Waals surface area (Å²) >= 11 is 1.76. The fourth-order valence-electron chi connectivity index (χ4n) is 1.53. The molecule has 0 aliphatic rings. The van der Waals surface area contributed by atoms with Gasteiger partial charge >= 0.3 is 0 Å². The Kier molecular flexibility index (Phi) is 4.58. The van der Waals surface area contributed by atoms with Crippen LogP contribution >= 0.6 is 11.8 Å². The van der Waals surface area contributed by atoms with Crippen molar-refractivity contribution in [3.05, 3.63) is 42.0 Å². The van der Waals surface area contributed by atoms with E-state index < -0.39 is 0 Å². The lowest BCUT2D eigenvalue weighted by Gasteiger charge is -2.04. The molecule has 2 N–H and O–H groups in total. The zero-order valence-corrected chi connectivity index (χ0v) is 10.6. The van der Waals surface area contributed by atoms with Crippen molar-refractivity contribution in [2.75, 3.05) is 12.8 Å². The quantitative estimate of drug-likeness (QED) is 0.605. The molecule has 1 aromatic heterocycles. The zero-order chi connectivity index (χ0) is 11.9. The lowest BCUT2D eigenvalue weighted by atomic mass is 10.2. The van der Waals surface area contributed by atoms with Crippen molar-refractivity contribution >= 4 is 11.8 Å². The van der Waals surface area contributed by atoms with Crippen LogP contribution < -0.4 is 5.32 Å². The Morgan fingerprint density at radius 2 is 2.12 bits per heavy atom. The van der Waals surface area contributed by atoms with E-state index in [-0.39, 0.29) is 0 Å². The van der Waals surface area contributed by atoms with Gasteiger partial charge in [0.15, 0.2) is 0 Å². The second-order valence-electron chi connectivity index (χ2n) is 3.71. The first-order chi connectivity index (χ1) is 8.38. The van der Waals surface area contributed by atoms with Crippen molar-refractivity contribution in [2.45, 2.75) is 17.9 Å². The molecule has 0 saturated carbocycles. The minimum absolute atomic E-state index is 0.878. The van der Waals surface area contributed by atoms with Crippen LogP contribution in [-0.2, 0) is 13.0 Å². The van der Waals surface area contributed by atoms with Gasteiger partial charge in [0.2, 0.25) is 0 Å². The standard InChI is InChI=1S/C12H16N4S/c1-17-11-4-2-10(3-5-11)8-13-7-6-12-14-9-15-16-12/h2-5,9,13H,6-8H2,1H3,(H,14,15,16). The van der Waals surface area contributed by atoms with Gasteiger partial charge in [-0.05, 0) is 24.0 Å². The largest absolute Gasteiger partial charge is 0.312 e. The molecule has 5 heteroatoms. The first-order valence-electron chi connectivity index (χ1n) is 5.56. The van der Waals surface area contributed by atoms with Crippen molar-refractivity contribution in [2.24, 2.45) is 0 Å². The monoisotopic (exact) mass is 248 g/mol. The second kappa shape index (κ2) is 6.42. The van der Waals surface area contributed by atoms with Gasteiger partial charge in [-0.3, -0.25) is 5.10 Å². The molecule has 0 bridgehead atoms. The summed E-state index contributed by atoms with van der Waals surface area (Å²) < 4.78 is 0. The van der Waals surface area contributed by atoms with Crippen LogP contribution in [-0.4, -0.2) is 28.0 Å². The third kappa shape index (κ3) is 3.87. The number of H-pyrrole nitrogens is 1. The summed E-state index contributed by atoms with van der Waals surface area (Å²) in [5.74, 6) is 0.926. The molecule has 1 heterocycles. The molecule has 0 fully saturated rings. The van der Waals surface area contributed by atoms with Crippen LogP contribution in [0.15, 0.2) is 35.5 Å². The van der Waals surface area contributed by atoms with E-state index in [4.69, 9.17) is 0 Å². The second-order valence-corrected chi connectivity index (χ2v) is 4.59. The highest BCUT2D eigenvalue weighted by atomic mass is 32.2. The summed E-state index contributed by atoms with van der Waals surface area (Å²) in [6.07, 6.45) is 4.50. The maximum Gasteiger partial charge on any atom is 0.137 e. The van der Waals surface area contributed by atoms with Crippen LogP contribution in [0.1, 0.15) is 11.4 Å². The molecule has 0 aliphatic heterocycles. The van der Waals surface area contributed by atoms with Gasteiger partial charge in [0, 0.05) is 24.4 Å². The van der Waals surface area contributed by atoms with Crippen molar-refractivity contribution in [3.63, 3.8) is 0 Å². The van der Waals surface area contributed by atoms with E-state index in [1.807, 2.05) is 0 Å². The molecule has 2 aromatic rings. The van der Waals surface area contributed by atoms with Crippen molar-refractivity contribution in [1.82, 2.24) is 20.5 Å². The molecule has 0 radical (unpaired) electrons. The SMILES string of the molecule is CSc1ccc(CNCCc2ncn[nH]2)cc1. The Hall–Kier alpha value is -1.33. The lowest BCUT2D eigenvalue weighted by Crippen LogP contribution is -2.17. The average Bonchev–Trinajstić information content (AvgIpc) is 2.88. The number of hydrogen-bond acceptors (Lipinski definition) is 4. The first kappa shape index (κ1) is 12.1. The predicted octanol–water partition coefficient (Wildman–Crippen LogP) is 1.86. The van der Waals surface area contributed by atoms with Gasteiger partial charge in [-0.1, -0.05) is 12.1 Å². The summed E-state index contributed by atoms with van der Waals surface area (Å²) in [6, 6.07) is 8.62. The number of rotatable bonds is 6. The van der Waals surface area contributed by atoms with E-state index in [9.17, 15) is 0 Å². The molecule has 0 saturated heterocycles. The molecule has 90 valence electrons. The topological polar surface area (TPSA) is 53.6 Å². The highest BCUT2D eigenvalue weighted by Crippen LogP contribution is 2.14. The molecule has 0 spiro atoms. The Bertz CT molecular complexity index is 424. The smallest absolute Gasteiger partial charge is 0.137 e. The Morgan fingerprint density at radius 1 is 1.29 bits per heavy atom. The Balaban J connectivity index is 1.70. The molecule has 0 unspecified atom stereocenters. The van der Waals surface area contributed by atoms with Gasteiger partial charge in [0.1, 0.15) is 12.2 Å². The molecular weight excluding hydrogens is 232 g/mol. The van der Waals surface area contributed by atoms with Crippen LogP contribution in [0.2, 0.25) is 0 Å².